The van der Waals surface area contributed by atoms with E-state index in [2.05, 4.69) is 47.6 Å². The smallest absolute Gasteiger partial charge is 0.259 e. The maximum absolute atomic E-state index is 12.3. The number of hydrogen-bond acceptors (Lipinski definition) is 5. The molecular weight excluding hydrogens is 409 g/mol. The minimum Gasteiger partial charge on any atom is -0.296 e. The first-order valence-electron chi connectivity index (χ1n) is 7.71. The molecule has 0 aliphatic rings. The molecule has 0 saturated heterocycles. The van der Waals surface area contributed by atoms with Crippen LogP contribution in [0.2, 0.25) is 10.0 Å². The Labute approximate surface area is 169 Å². The molecule has 3 aromatic rings. The van der Waals surface area contributed by atoms with E-state index in [4.69, 9.17) is 23.2 Å². The number of rotatable bonds is 5. The van der Waals surface area contributed by atoms with E-state index in [9.17, 15) is 4.79 Å². The minimum absolute atomic E-state index is 0.295. The van der Waals surface area contributed by atoms with Gasteiger partial charge in [0, 0.05) is 10.8 Å². The van der Waals surface area contributed by atoms with E-state index in [0.29, 0.717) is 20.7 Å². The number of thioether (sulfide) groups is 1. The zero-order valence-corrected chi connectivity index (χ0v) is 17.2. The molecule has 8 heteroatoms. The largest absolute Gasteiger partial charge is 0.296 e. The molecule has 0 spiro atoms. The highest BCUT2D eigenvalue weighted by Gasteiger charge is 2.14. The van der Waals surface area contributed by atoms with Gasteiger partial charge in [0.05, 0.1) is 10.6 Å². The zero-order chi connectivity index (χ0) is 18.7. The van der Waals surface area contributed by atoms with E-state index in [1.807, 2.05) is 0 Å². The Morgan fingerprint density at radius 1 is 1.15 bits per heavy atom. The third-order valence-corrected chi connectivity index (χ3v) is 6.23. The summed E-state index contributed by atoms with van der Waals surface area (Å²) in [6.07, 6.45) is 0. The van der Waals surface area contributed by atoms with E-state index >= 15 is 0 Å². The Morgan fingerprint density at radius 3 is 2.73 bits per heavy atom. The lowest BCUT2D eigenvalue weighted by atomic mass is 10.1. The maximum Gasteiger partial charge on any atom is 0.259 e. The van der Waals surface area contributed by atoms with E-state index in [0.717, 1.165) is 10.1 Å². The number of anilines is 1. The first kappa shape index (κ1) is 19.2. The van der Waals surface area contributed by atoms with Gasteiger partial charge in [-0.2, -0.15) is 0 Å². The summed E-state index contributed by atoms with van der Waals surface area (Å²) in [7, 11) is 0. The Kier molecular flexibility index (Phi) is 6.19. The number of carbonyl (C=O) groups excluding carboxylic acids is 1. The zero-order valence-electron chi connectivity index (χ0n) is 14.0. The molecule has 0 bridgehead atoms. The third kappa shape index (κ3) is 4.76. The van der Waals surface area contributed by atoms with Crippen molar-refractivity contribution in [3.8, 4) is 0 Å². The molecule has 4 nitrogen and oxygen atoms in total. The predicted molar refractivity (Wildman–Crippen MR) is 110 cm³/mol. The van der Waals surface area contributed by atoms with Crippen LogP contribution in [0.5, 0.6) is 0 Å². The van der Waals surface area contributed by atoms with Gasteiger partial charge in [-0.25, -0.2) is 0 Å². The SMILES string of the molecule is Cc1ccc(C)c(CSc2nnc(NC(=O)c3ccc(Cl)cc3Cl)s2)c1. The molecule has 1 N–H and O–H groups in total. The Hall–Kier alpha value is -1.60. The van der Waals surface area contributed by atoms with Crippen LogP contribution in [0.25, 0.3) is 0 Å². The van der Waals surface area contributed by atoms with Crippen LogP contribution in [-0.4, -0.2) is 16.1 Å². The van der Waals surface area contributed by atoms with Crippen molar-refractivity contribution in [1.29, 1.82) is 0 Å². The van der Waals surface area contributed by atoms with Crippen molar-refractivity contribution in [1.82, 2.24) is 10.2 Å². The molecule has 26 heavy (non-hydrogen) atoms. The number of nitrogens with zero attached hydrogens (tertiary/aromatic N) is 2. The van der Waals surface area contributed by atoms with E-state index in [1.54, 1.807) is 23.9 Å². The van der Waals surface area contributed by atoms with Crippen LogP contribution in [0.15, 0.2) is 40.7 Å². The van der Waals surface area contributed by atoms with Crippen LogP contribution in [0.4, 0.5) is 5.13 Å². The molecular formula is C18H15Cl2N3OS2. The van der Waals surface area contributed by atoms with Gasteiger partial charge in [0.15, 0.2) is 4.34 Å². The number of aromatic nitrogens is 2. The average molecular weight is 424 g/mol. The summed E-state index contributed by atoms with van der Waals surface area (Å²) in [5, 5.41) is 12.1. The van der Waals surface area contributed by atoms with Gasteiger partial charge in [0.2, 0.25) is 5.13 Å². The molecule has 0 atom stereocenters. The molecule has 2 aromatic carbocycles. The van der Waals surface area contributed by atoms with Crippen LogP contribution in [0.3, 0.4) is 0 Å². The molecule has 1 amide bonds. The van der Waals surface area contributed by atoms with Gasteiger partial charge >= 0.3 is 0 Å². The number of amides is 1. The van der Waals surface area contributed by atoms with Gasteiger partial charge in [0.1, 0.15) is 0 Å². The maximum atomic E-state index is 12.3. The molecule has 1 aromatic heterocycles. The average Bonchev–Trinajstić information content (AvgIpc) is 3.03. The first-order chi connectivity index (χ1) is 12.4. The van der Waals surface area contributed by atoms with Crippen LogP contribution in [0.1, 0.15) is 27.0 Å². The van der Waals surface area contributed by atoms with Crippen molar-refractivity contribution >= 4 is 57.3 Å². The highest BCUT2D eigenvalue weighted by Crippen LogP contribution is 2.30. The molecule has 0 aliphatic carbocycles. The van der Waals surface area contributed by atoms with Gasteiger partial charge in [0.25, 0.3) is 5.91 Å². The number of carbonyl (C=O) groups is 1. The molecule has 0 fully saturated rings. The Morgan fingerprint density at radius 2 is 1.96 bits per heavy atom. The number of benzene rings is 2. The molecule has 0 radical (unpaired) electrons. The lowest BCUT2D eigenvalue weighted by Gasteiger charge is -2.05. The normalized spacial score (nSPS) is 10.8. The summed E-state index contributed by atoms with van der Waals surface area (Å²) in [6, 6.07) is 11.1. The van der Waals surface area contributed by atoms with Crippen molar-refractivity contribution in [2.45, 2.75) is 23.9 Å². The fourth-order valence-corrected chi connectivity index (χ4v) is 4.56. The predicted octanol–water partition coefficient (Wildman–Crippen LogP) is 6.01. The van der Waals surface area contributed by atoms with E-state index in [1.165, 1.54) is 34.1 Å². The third-order valence-electron chi connectivity index (χ3n) is 3.66. The molecule has 134 valence electrons. The molecule has 0 unspecified atom stereocenters. The second kappa shape index (κ2) is 8.39. The van der Waals surface area contributed by atoms with Crippen molar-refractivity contribution in [3.63, 3.8) is 0 Å². The number of aryl methyl sites for hydroxylation is 2. The molecule has 0 aliphatic heterocycles. The summed E-state index contributed by atoms with van der Waals surface area (Å²) in [6.45, 7) is 4.17. The summed E-state index contributed by atoms with van der Waals surface area (Å²) in [4.78, 5) is 12.3. The highest BCUT2D eigenvalue weighted by atomic mass is 35.5. The van der Waals surface area contributed by atoms with Crippen molar-refractivity contribution < 1.29 is 4.79 Å². The van der Waals surface area contributed by atoms with Crippen molar-refractivity contribution in [3.05, 3.63) is 68.7 Å². The quantitative estimate of drug-likeness (QED) is 0.403. The van der Waals surface area contributed by atoms with Gasteiger partial charge in [-0.05, 0) is 43.2 Å². The van der Waals surface area contributed by atoms with E-state index in [-0.39, 0.29) is 5.91 Å². The van der Waals surface area contributed by atoms with Gasteiger partial charge in [-0.1, -0.05) is 70.1 Å². The van der Waals surface area contributed by atoms with Crippen LogP contribution in [0, 0.1) is 13.8 Å². The second-order valence-electron chi connectivity index (χ2n) is 5.67. The lowest BCUT2D eigenvalue weighted by molar-refractivity contribution is 0.102. The van der Waals surface area contributed by atoms with Crippen LogP contribution in [-0.2, 0) is 5.75 Å². The van der Waals surface area contributed by atoms with Crippen LogP contribution < -0.4 is 5.32 Å². The van der Waals surface area contributed by atoms with E-state index < -0.39 is 0 Å². The second-order valence-corrected chi connectivity index (χ2v) is 8.71. The fourth-order valence-electron chi connectivity index (χ4n) is 2.25. The Balaban J connectivity index is 1.64. The Bertz CT molecular complexity index is 959. The molecule has 1 heterocycles. The monoisotopic (exact) mass is 423 g/mol. The molecule has 0 saturated carbocycles. The fraction of sp³-hybridized carbons (Fsp3) is 0.167. The molecule has 3 rings (SSSR count). The standard InChI is InChI=1S/C18H15Cl2N3OS2/c1-10-3-4-11(2)12(7-10)9-25-18-23-22-17(26-18)21-16(24)14-6-5-13(19)8-15(14)20/h3-8H,9H2,1-2H3,(H,21,22,24). The van der Waals surface area contributed by atoms with Crippen molar-refractivity contribution in [2.75, 3.05) is 5.32 Å². The number of hydrogen-bond donors (Lipinski definition) is 1. The first-order valence-corrected chi connectivity index (χ1v) is 10.3. The summed E-state index contributed by atoms with van der Waals surface area (Å²) in [5.41, 5.74) is 4.09. The van der Waals surface area contributed by atoms with Crippen molar-refractivity contribution in [2.24, 2.45) is 0 Å². The van der Waals surface area contributed by atoms with Gasteiger partial charge < -0.3 is 0 Å². The van der Waals surface area contributed by atoms with Gasteiger partial charge in [-0.3, -0.25) is 10.1 Å². The number of halogens is 2. The number of nitrogens with one attached hydrogen (secondary N) is 1. The summed E-state index contributed by atoms with van der Waals surface area (Å²) < 4.78 is 0.795. The van der Waals surface area contributed by atoms with Gasteiger partial charge in [-0.15, -0.1) is 10.2 Å². The summed E-state index contributed by atoms with van der Waals surface area (Å²) in [5.74, 6) is 0.466. The minimum atomic E-state index is -0.339. The highest BCUT2D eigenvalue weighted by molar-refractivity contribution is 8.00. The summed E-state index contributed by atoms with van der Waals surface area (Å²) >= 11 is 14.8. The topological polar surface area (TPSA) is 54.9 Å². The lowest BCUT2D eigenvalue weighted by Crippen LogP contribution is -2.12. The van der Waals surface area contributed by atoms with Crippen LogP contribution >= 0.6 is 46.3 Å².